The molecule has 2 aliphatic rings. The van der Waals surface area contributed by atoms with Gasteiger partial charge in [0.05, 0.1) is 5.41 Å². The average Bonchev–Trinajstić information content (AvgIpc) is 2.92. The van der Waals surface area contributed by atoms with E-state index in [0.717, 1.165) is 6.42 Å². The van der Waals surface area contributed by atoms with Gasteiger partial charge >= 0.3 is 12.0 Å². The molecule has 0 aromatic rings. The first-order valence-electron chi connectivity index (χ1n) is 8.17. The van der Waals surface area contributed by atoms with Gasteiger partial charge in [0.15, 0.2) is 0 Å². The first-order valence-corrected chi connectivity index (χ1v) is 8.17. The number of carbonyl (C=O) groups is 2. The number of urea groups is 1. The molecule has 2 N–H and O–H groups in total. The van der Waals surface area contributed by atoms with Crippen LogP contribution in [0.4, 0.5) is 4.79 Å². The molecule has 1 aliphatic heterocycles. The summed E-state index contributed by atoms with van der Waals surface area (Å²) < 4.78 is 0. The Morgan fingerprint density at radius 3 is 2.43 bits per heavy atom. The van der Waals surface area contributed by atoms with Crippen molar-refractivity contribution < 1.29 is 14.7 Å². The zero-order chi connectivity index (χ0) is 15.5. The van der Waals surface area contributed by atoms with Gasteiger partial charge in [-0.25, -0.2) is 4.79 Å². The lowest BCUT2D eigenvalue weighted by Crippen LogP contribution is -2.53. The molecule has 0 aromatic carbocycles. The highest BCUT2D eigenvalue weighted by atomic mass is 16.4. The van der Waals surface area contributed by atoms with Crippen molar-refractivity contribution in [2.24, 2.45) is 10.8 Å². The van der Waals surface area contributed by atoms with E-state index < -0.39 is 11.4 Å². The molecule has 21 heavy (non-hydrogen) atoms. The Bertz CT molecular complexity index is 404. The van der Waals surface area contributed by atoms with Crippen molar-refractivity contribution in [3.05, 3.63) is 0 Å². The molecule has 0 spiro atoms. The van der Waals surface area contributed by atoms with Crippen LogP contribution in [0.3, 0.4) is 0 Å². The molecule has 0 radical (unpaired) electrons. The summed E-state index contributed by atoms with van der Waals surface area (Å²) in [4.78, 5) is 25.6. The summed E-state index contributed by atoms with van der Waals surface area (Å²) in [6, 6.07) is -0.0955. The molecular weight excluding hydrogens is 268 g/mol. The number of hydrogen-bond acceptors (Lipinski definition) is 2. The number of aliphatic carboxylic acids is 1. The average molecular weight is 296 g/mol. The monoisotopic (exact) mass is 296 g/mol. The fourth-order valence-electron chi connectivity index (χ4n) is 3.73. The van der Waals surface area contributed by atoms with Gasteiger partial charge in [-0.1, -0.05) is 26.7 Å². The van der Waals surface area contributed by atoms with Crippen LogP contribution in [0.15, 0.2) is 0 Å². The van der Waals surface area contributed by atoms with Gasteiger partial charge in [0.1, 0.15) is 0 Å². The highest BCUT2D eigenvalue weighted by Crippen LogP contribution is 2.37. The van der Waals surface area contributed by atoms with Gasteiger partial charge in [0, 0.05) is 19.6 Å². The molecule has 120 valence electrons. The Hall–Kier alpha value is -1.26. The van der Waals surface area contributed by atoms with Crippen molar-refractivity contribution in [1.82, 2.24) is 10.2 Å². The molecule has 0 bridgehead atoms. The highest BCUT2D eigenvalue weighted by molar-refractivity contribution is 5.78. The summed E-state index contributed by atoms with van der Waals surface area (Å²) in [5.74, 6) is -0.773. The number of nitrogens with one attached hydrogen (secondary N) is 1. The van der Waals surface area contributed by atoms with E-state index >= 15 is 0 Å². The molecule has 1 saturated carbocycles. The van der Waals surface area contributed by atoms with Crippen LogP contribution in [0.25, 0.3) is 0 Å². The summed E-state index contributed by atoms with van der Waals surface area (Å²) in [6.07, 6.45) is 6.83. The number of piperidine rings is 1. The fourth-order valence-corrected chi connectivity index (χ4v) is 3.73. The third kappa shape index (κ3) is 3.50. The zero-order valence-corrected chi connectivity index (χ0v) is 13.3. The molecule has 2 amide bonds. The zero-order valence-electron chi connectivity index (χ0n) is 13.3. The van der Waals surface area contributed by atoms with Crippen molar-refractivity contribution in [3.63, 3.8) is 0 Å². The highest BCUT2D eigenvalue weighted by Gasteiger charge is 2.42. The van der Waals surface area contributed by atoms with Gasteiger partial charge in [-0.05, 0) is 37.5 Å². The van der Waals surface area contributed by atoms with Crippen LogP contribution in [0.2, 0.25) is 0 Å². The molecule has 1 aliphatic carbocycles. The van der Waals surface area contributed by atoms with Crippen molar-refractivity contribution in [1.29, 1.82) is 0 Å². The molecule has 1 unspecified atom stereocenters. The maximum absolute atomic E-state index is 12.3. The van der Waals surface area contributed by atoms with E-state index in [9.17, 15) is 14.7 Å². The van der Waals surface area contributed by atoms with E-state index in [2.05, 4.69) is 12.2 Å². The molecule has 5 heteroatoms. The van der Waals surface area contributed by atoms with Crippen LogP contribution in [0, 0.1) is 10.8 Å². The lowest BCUT2D eigenvalue weighted by atomic mass is 9.78. The molecule has 1 saturated heterocycles. The Kier molecular flexibility index (Phi) is 4.79. The number of nitrogens with zero attached hydrogens (tertiary/aromatic N) is 1. The summed E-state index contributed by atoms with van der Waals surface area (Å²) in [6.45, 7) is 5.83. The minimum absolute atomic E-state index is 0.0955. The van der Waals surface area contributed by atoms with Crippen molar-refractivity contribution in [2.45, 2.75) is 58.8 Å². The van der Waals surface area contributed by atoms with Crippen LogP contribution in [0.1, 0.15) is 58.8 Å². The minimum atomic E-state index is -0.773. The van der Waals surface area contributed by atoms with Gasteiger partial charge in [0.2, 0.25) is 0 Å². The Labute approximate surface area is 127 Å². The Morgan fingerprint density at radius 1 is 1.19 bits per heavy atom. The van der Waals surface area contributed by atoms with E-state index in [1.54, 1.807) is 4.90 Å². The lowest BCUT2D eigenvalue weighted by molar-refractivity contribution is -0.152. The Balaban J connectivity index is 1.91. The standard InChI is InChI=1S/C16H28N2O3/c1-3-16(13(19)20)9-6-10-18(12-16)14(21)17-11-15(2)7-4-5-8-15/h3-12H2,1-2H3,(H,17,21)(H,19,20). The molecule has 2 rings (SSSR count). The summed E-state index contributed by atoms with van der Waals surface area (Å²) in [7, 11) is 0. The third-order valence-electron chi connectivity index (χ3n) is 5.47. The smallest absolute Gasteiger partial charge is 0.317 e. The molecule has 2 fully saturated rings. The van der Waals surface area contributed by atoms with E-state index in [1.165, 1.54) is 25.7 Å². The van der Waals surface area contributed by atoms with Crippen LogP contribution >= 0.6 is 0 Å². The molecule has 1 heterocycles. The van der Waals surface area contributed by atoms with Gasteiger partial charge in [-0.3, -0.25) is 4.79 Å². The van der Waals surface area contributed by atoms with Gasteiger partial charge in [-0.2, -0.15) is 0 Å². The predicted octanol–water partition coefficient (Wildman–Crippen LogP) is 2.85. The summed E-state index contributed by atoms with van der Waals surface area (Å²) in [5.41, 5.74) is -0.535. The van der Waals surface area contributed by atoms with Crippen molar-refractivity contribution in [3.8, 4) is 0 Å². The predicted molar refractivity (Wildman–Crippen MR) is 81.1 cm³/mol. The van der Waals surface area contributed by atoms with E-state index in [1.807, 2.05) is 6.92 Å². The van der Waals surface area contributed by atoms with Crippen LogP contribution in [-0.2, 0) is 4.79 Å². The minimum Gasteiger partial charge on any atom is -0.481 e. The van der Waals surface area contributed by atoms with Crippen molar-refractivity contribution >= 4 is 12.0 Å². The normalized spacial score (nSPS) is 28.4. The SMILES string of the molecule is CCC1(C(=O)O)CCCN(C(=O)NCC2(C)CCCC2)C1. The number of carboxylic acids is 1. The van der Waals surface area contributed by atoms with Crippen LogP contribution < -0.4 is 5.32 Å². The van der Waals surface area contributed by atoms with Crippen molar-refractivity contribution in [2.75, 3.05) is 19.6 Å². The molecular formula is C16H28N2O3. The second kappa shape index (κ2) is 6.24. The Morgan fingerprint density at radius 2 is 1.86 bits per heavy atom. The van der Waals surface area contributed by atoms with Crippen LogP contribution in [0.5, 0.6) is 0 Å². The number of amides is 2. The molecule has 1 atom stereocenters. The number of likely N-dealkylation sites (tertiary alicyclic amines) is 1. The van der Waals surface area contributed by atoms with Crippen LogP contribution in [-0.4, -0.2) is 41.6 Å². The first kappa shape index (κ1) is 16.1. The maximum atomic E-state index is 12.3. The third-order valence-corrected chi connectivity index (χ3v) is 5.47. The topological polar surface area (TPSA) is 69.6 Å². The van der Waals surface area contributed by atoms with Gasteiger partial charge < -0.3 is 15.3 Å². The van der Waals surface area contributed by atoms with Gasteiger partial charge in [0.25, 0.3) is 0 Å². The summed E-state index contributed by atoms with van der Waals surface area (Å²) in [5, 5.41) is 12.5. The van der Waals surface area contributed by atoms with Gasteiger partial charge in [-0.15, -0.1) is 0 Å². The first-order chi connectivity index (χ1) is 9.91. The quantitative estimate of drug-likeness (QED) is 0.838. The number of carbonyl (C=O) groups excluding carboxylic acids is 1. The number of carboxylic acid groups (broad SMARTS) is 1. The summed E-state index contributed by atoms with van der Waals surface area (Å²) >= 11 is 0. The lowest BCUT2D eigenvalue weighted by Gasteiger charge is -2.39. The second-order valence-electron chi connectivity index (χ2n) is 7.14. The maximum Gasteiger partial charge on any atom is 0.317 e. The van der Waals surface area contributed by atoms with E-state index in [-0.39, 0.29) is 11.4 Å². The number of hydrogen-bond donors (Lipinski definition) is 2. The second-order valence-corrected chi connectivity index (χ2v) is 7.14. The van der Waals surface area contributed by atoms with E-state index in [4.69, 9.17) is 0 Å². The molecule has 5 nitrogen and oxygen atoms in total. The largest absolute Gasteiger partial charge is 0.481 e. The molecule has 0 aromatic heterocycles. The fraction of sp³-hybridized carbons (Fsp3) is 0.875. The van der Waals surface area contributed by atoms with E-state index in [0.29, 0.717) is 32.5 Å². The number of rotatable bonds is 4.